The molecule has 0 unspecified atom stereocenters. The van der Waals surface area contributed by atoms with Gasteiger partial charge < -0.3 is 10.6 Å². The Hall–Kier alpha value is -3.32. The molecule has 0 aliphatic rings. The number of anilines is 1. The van der Waals surface area contributed by atoms with Crippen LogP contribution in [-0.4, -0.2) is 17.9 Å². The minimum absolute atomic E-state index is 0.0752. The largest absolute Gasteiger partial charge is 0.417 e. The third kappa shape index (κ3) is 6.08. The van der Waals surface area contributed by atoms with E-state index in [4.69, 9.17) is 11.6 Å². The summed E-state index contributed by atoms with van der Waals surface area (Å²) in [5.74, 6) is -1.12. The lowest BCUT2D eigenvalue weighted by Crippen LogP contribution is -2.45. The van der Waals surface area contributed by atoms with Crippen LogP contribution in [0.15, 0.2) is 78.9 Å². The number of hydrogen-bond acceptors (Lipinski definition) is 2. The van der Waals surface area contributed by atoms with Gasteiger partial charge in [0.2, 0.25) is 5.91 Å². The molecule has 4 nitrogen and oxygen atoms in total. The van der Waals surface area contributed by atoms with E-state index in [9.17, 15) is 22.8 Å². The Labute approximate surface area is 182 Å². The summed E-state index contributed by atoms with van der Waals surface area (Å²) in [5.41, 5.74) is 0.0101. The fourth-order valence-electron chi connectivity index (χ4n) is 2.94. The van der Waals surface area contributed by atoms with Gasteiger partial charge in [0.05, 0.1) is 10.6 Å². The van der Waals surface area contributed by atoms with Crippen molar-refractivity contribution in [1.82, 2.24) is 5.32 Å². The number of amides is 2. The molecule has 2 amide bonds. The second-order valence-electron chi connectivity index (χ2n) is 6.76. The third-order valence-electron chi connectivity index (χ3n) is 4.48. The Morgan fingerprint density at radius 1 is 0.903 bits per heavy atom. The molecule has 1 atom stereocenters. The van der Waals surface area contributed by atoms with Crippen LogP contribution in [0.25, 0.3) is 0 Å². The van der Waals surface area contributed by atoms with Crippen LogP contribution in [0.2, 0.25) is 5.02 Å². The van der Waals surface area contributed by atoms with Crippen molar-refractivity contribution in [2.45, 2.75) is 18.6 Å². The van der Waals surface area contributed by atoms with Gasteiger partial charge >= 0.3 is 6.18 Å². The molecule has 0 radical (unpaired) electrons. The molecule has 0 saturated heterocycles. The summed E-state index contributed by atoms with van der Waals surface area (Å²) in [6.45, 7) is 0. The van der Waals surface area contributed by atoms with Crippen molar-refractivity contribution in [3.63, 3.8) is 0 Å². The highest BCUT2D eigenvalue weighted by atomic mass is 35.5. The summed E-state index contributed by atoms with van der Waals surface area (Å²) in [4.78, 5) is 25.5. The molecule has 0 heterocycles. The molecule has 2 N–H and O–H groups in total. The lowest BCUT2D eigenvalue weighted by molar-refractivity contribution is -0.137. The summed E-state index contributed by atoms with van der Waals surface area (Å²) in [6, 6.07) is 19.4. The summed E-state index contributed by atoms with van der Waals surface area (Å²) >= 11 is 5.63. The minimum Gasteiger partial charge on any atom is -0.340 e. The Bertz CT molecular complexity index is 1060. The molecule has 0 aliphatic carbocycles. The van der Waals surface area contributed by atoms with Crippen molar-refractivity contribution >= 4 is 29.1 Å². The number of rotatable bonds is 6. The van der Waals surface area contributed by atoms with Crippen LogP contribution < -0.4 is 10.6 Å². The average Bonchev–Trinajstić information content (AvgIpc) is 2.75. The topological polar surface area (TPSA) is 58.2 Å². The fourth-order valence-corrected chi connectivity index (χ4v) is 3.16. The molecule has 0 spiro atoms. The van der Waals surface area contributed by atoms with Crippen LogP contribution in [-0.2, 0) is 17.4 Å². The van der Waals surface area contributed by atoms with Gasteiger partial charge in [0.15, 0.2) is 0 Å². The van der Waals surface area contributed by atoms with E-state index in [0.29, 0.717) is 5.56 Å². The highest BCUT2D eigenvalue weighted by Gasteiger charge is 2.33. The van der Waals surface area contributed by atoms with Gasteiger partial charge in [-0.05, 0) is 35.9 Å². The highest BCUT2D eigenvalue weighted by Crippen LogP contribution is 2.36. The van der Waals surface area contributed by atoms with Crippen LogP contribution in [0.5, 0.6) is 0 Å². The van der Waals surface area contributed by atoms with E-state index in [2.05, 4.69) is 10.6 Å². The molecule has 0 aliphatic heterocycles. The van der Waals surface area contributed by atoms with Crippen molar-refractivity contribution in [3.05, 3.63) is 101 Å². The van der Waals surface area contributed by atoms with E-state index in [1.807, 2.05) is 6.07 Å². The molecule has 3 aromatic carbocycles. The second-order valence-corrected chi connectivity index (χ2v) is 7.17. The first-order chi connectivity index (χ1) is 14.7. The summed E-state index contributed by atoms with van der Waals surface area (Å²) < 4.78 is 39.4. The van der Waals surface area contributed by atoms with E-state index in [-0.39, 0.29) is 12.1 Å². The van der Waals surface area contributed by atoms with Crippen molar-refractivity contribution in [1.29, 1.82) is 0 Å². The van der Waals surface area contributed by atoms with Gasteiger partial charge in [-0.3, -0.25) is 9.59 Å². The van der Waals surface area contributed by atoms with Gasteiger partial charge in [0.25, 0.3) is 5.91 Å². The van der Waals surface area contributed by atoms with E-state index in [1.165, 1.54) is 6.07 Å². The van der Waals surface area contributed by atoms with Crippen molar-refractivity contribution in [3.8, 4) is 0 Å². The van der Waals surface area contributed by atoms with Crippen molar-refractivity contribution in [2.75, 3.05) is 5.32 Å². The van der Waals surface area contributed by atoms with Crippen LogP contribution in [0, 0.1) is 0 Å². The number of carbonyl (C=O) groups excluding carboxylic acids is 2. The van der Waals surface area contributed by atoms with E-state index in [0.717, 1.165) is 17.7 Å². The maximum atomic E-state index is 13.1. The molecule has 3 aromatic rings. The highest BCUT2D eigenvalue weighted by molar-refractivity contribution is 6.31. The molecule has 160 valence electrons. The van der Waals surface area contributed by atoms with Gasteiger partial charge in [-0.1, -0.05) is 60.1 Å². The Morgan fingerprint density at radius 2 is 1.52 bits per heavy atom. The summed E-state index contributed by atoms with van der Waals surface area (Å²) in [7, 11) is 0. The minimum atomic E-state index is -4.66. The first-order valence-corrected chi connectivity index (χ1v) is 9.69. The predicted octanol–water partition coefficient (Wildman–Crippen LogP) is 5.34. The van der Waals surface area contributed by atoms with Crippen LogP contribution in [0.4, 0.5) is 18.9 Å². The first-order valence-electron chi connectivity index (χ1n) is 9.31. The van der Waals surface area contributed by atoms with E-state index >= 15 is 0 Å². The standard InChI is InChI=1S/C23H18ClF3N2O2/c24-19-12-11-17(14-18(19)23(25,26)27)28-22(31)20(13-15-7-3-1-4-8-15)29-21(30)16-9-5-2-6-10-16/h1-12,14,20H,13H2,(H,28,31)(H,29,30)/t20-/m1/s1. The normalized spacial score (nSPS) is 12.1. The smallest absolute Gasteiger partial charge is 0.340 e. The molecule has 31 heavy (non-hydrogen) atoms. The predicted molar refractivity (Wildman–Crippen MR) is 113 cm³/mol. The second kappa shape index (κ2) is 9.66. The maximum absolute atomic E-state index is 13.1. The van der Waals surface area contributed by atoms with Crippen molar-refractivity contribution < 1.29 is 22.8 Å². The molecule has 3 rings (SSSR count). The van der Waals surface area contributed by atoms with Gasteiger partial charge in [0.1, 0.15) is 6.04 Å². The number of halogens is 4. The molecular weight excluding hydrogens is 429 g/mol. The Kier molecular flexibility index (Phi) is 6.97. The van der Waals surface area contributed by atoms with Gasteiger partial charge in [-0.15, -0.1) is 0 Å². The number of alkyl halides is 3. The molecule has 0 saturated carbocycles. The molecule has 0 fully saturated rings. The zero-order valence-electron chi connectivity index (χ0n) is 16.1. The average molecular weight is 447 g/mol. The van der Waals surface area contributed by atoms with Gasteiger partial charge in [-0.25, -0.2) is 0 Å². The zero-order valence-corrected chi connectivity index (χ0v) is 16.9. The monoisotopic (exact) mass is 446 g/mol. The van der Waals surface area contributed by atoms with E-state index < -0.39 is 34.6 Å². The molecule has 0 aromatic heterocycles. The Balaban J connectivity index is 1.83. The van der Waals surface area contributed by atoms with E-state index in [1.54, 1.807) is 54.6 Å². The van der Waals surface area contributed by atoms with Gasteiger partial charge in [0, 0.05) is 17.7 Å². The van der Waals surface area contributed by atoms with Gasteiger partial charge in [-0.2, -0.15) is 13.2 Å². The lowest BCUT2D eigenvalue weighted by Gasteiger charge is -2.19. The number of benzene rings is 3. The summed E-state index contributed by atoms with van der Waals surface area (Å²) in [5, 5.41) is 4.64. The molecular formula is C23H18ClF3N2O2. The number of nitrogens with one attached hydrogen (secondary N) is 2. The quantitative estimate of drug-likeness (QED) is 0.537. The number of carbonyl (C=O) groups is 2. The maximum Gasteiger partial charge on any atom is 0.417 e. The molecule has 0 bridgehead atoms. The Morgan fingerprint density at radius 3 is 2.13 bits per heavy atom. The molecule has 8 heteroatoms. The lowest BCUT2D eigenvalue weighted by atomic mass is 10.0. The first kappa shape index (κ1) is 22.4. The van der Waals surface area contributed by atoms with Crippen molar-refractivity contribution in [2.24, 2.45) is 0 Å². The fraction of sp³-hybridized carbons (Fsp3) is 0.130. The summed E-state index contributed by atoms with van der Waals surface area (Å²) in [6.07, 6.45) is -4.51. The van der Waals surface area contributed by atoms with Crippen LogP contribution in [0.3, 0.4) is 0 Å². The van der Waals surface area contributed by atoms with Crippen LogP contribution >= 0.6 is 11.6 Å². The third-order valence-corrected chi connectivity index (χ3v) is 4.81. The number of hydrogen-bond donors (Lipinski definition) is 2. The zero-order chi connectivity index (χ0) is 22.4. The SMILES string of the molecule is O=C(N[C@H](Cc1ccccc1)C(=O)Nc1ccc(Cl)c(C(F)(F)F)c1)c1ccccc1. The van der Waals surface area contributed by atoms with Crippen LogP contribution in [0.1, 0.15) is 21.5 Å².